The third-order valence-corrected chi connectivity index (χ3v) is 2.42. The minimum atomic E-state index is -0.613. The number of nitrogens with one attached hydrogen (secondary N) is 1. The molecule has 1 aromatic rings. The molecule has 0 spiro atoms. The molecule has 4 nitrogen and oxygen atoms in total. The van der Waals surface area contributed by atoms with Gasteiger partial charge in [0, 0.05) is 12.1 Å². The van der Waals surface area contributed by atoms with E-state index in [-0.39, 0.29) is 12.4 Å². The highest BCUT2D eigenvalue weighted by Gasteiger charge is 2.09. The molecule has 1 aromatic carbocycles. The summed E-state index contributed by atoms with van der Waals surface area (Å²) in [4.78, 5) is 0. The largest absolute Gasteiger partial charge is 0.508 e. The molecule has 1 atom stereocenters. The van der Waals surface area contributed by atoms with Gasteiger partial charge < -0.3 is 20.6 Å². The van der Waals surface area contributed by atoms with Gasteiger partial charge in [0.2, 0.25) is 0 Å². The molecule has 0 unspecified atom stereocenters. The molecule has 0 aromatic heterocycles. The lowest BCUT2D eigenvalue weighted by molar-refractivity contribution is 0.174. The first kappa shape index (κ1) is 13.0. The molecular weight excluding hydrogens is 206 g/mol. The molecule has 0 aliphatic heterocycles. The van der Waals surface area contributed by atoms with E-state index in [1.165, 1.54) is 6.07 Å². The summed E-state index contributed by atoms with van der Waals surface area (Å²) >= 11 is 0. The minimum absolute atomic E-state index is 0.0555. The van der Waals surface area contributed by atoms with Gasteiger partial charge in [-0.05, 0) is 30.7 Å². The first-order valence-electron chi connectivity index (χ1n) is 5.50. The SMILES string of the molecule is CCCNC[C@H](O)c1ccc(O)c(CO)c1. The molecule has 0 saturated heterocycles. The van der Waals surface area contributed by atoms with Crippen molar-refractivity contribution in [3.8, 4) is 5.75 Å². The van der Waals surface area contributed by atoms with Gasteiger partial charge in [-0.2, -0.15) is 0 Å². The van der Waals surface area contributed by atoms with E-state index < -0.39 is 6.10 Å². The molecule has 4 N–H and O–H groups in total. The molecule has 4 heteroatoms. The van der Waals surface area contributed by atoms with Gasteiger partial charge >= 0.3 is 0 Å². The number of hydrogen-bond donors (Lipinski definition) is 4. The summed E-state index contributed by atoms with van der Waals surface area (Å²) in [6, 6.07) is 4.77. The Kier molecular flexibility index (Phi) is 5.25. The minimum Gasteiger partial charge on any atom is -0.508 e. The predicted octanol–water partition coefficient (Wildman–Crippen LogP) is 0.917. The number of aliphatic hydroxyl groups is 2. The quantitative estimate of drug-likeness (QED) is 0.543. The Morgan fingerprint density at radius 2 is 2.12 bits per heavy atom. The Hall–Kier alpha value is -1.10. The van der Waals surface area contributed by atoms with Crippen LogP contribution in [-0.2, 0) is 6.61 Å². The zero-order valence-electron chi connectivity index (χ0n) is 9.48. The van der Waals surface area contributed by atoms with Gasteiger partial charge in [0.1, 0.15) is 5.75 Å². The summed E-state index contributed by atoms with van der Waals surface area (Å²) in [5.74, 6) is 0.0555. The lowest BCUT2D eigenvalue weighted by Crippen LogP contribution is -2.22. The fourth-order valence-corrected chi connectivity index (χ4v) is 1.47. The number of hydrogen-bond acceptors (Lipinski definition) is 4. The van der Waals surface area contributed by atoms with Crippen LogP contribution in [0.2, 0.25) is 0 Å². The van der Waals surface area contributed by atoms with E-state index >= 15 is 0 Å². The van der Waals surface area contributed by atoms with Crippen molar-refractivity contribution in [3.05, 3.63) is 29.3 Å². The van der Waals surface area contributed by atoms with E-state index in [1.807, 2.05) is 0 Å². The van der Waals surface area contributed by atoms with E-state index in [1.54, 1.807) is 12.1 Å². The average molecular weight is 225 g/mol. The molecular formula is C12H19NO3. The van der Waals surface area contributed by atoms with Crippen molar-refractivity contribution < 1.29 is 15.3 Å². The lowest BCUT2D eigenvalue weighted by atomic mass is 10.1. The number of rotatable bonds is 6. The summed E-state index contributed by atoms with van der Waals surface area (Å²) in [6.45, 7) is 3.17. The van der Waals surface area contributed by atoms with E-state index in [0.717, 1.165) is 13.0 Å². The second-order valence-corrected chi connectivity index (χ2v) is 3.77. The number of phenols is 1. The molecule has 0 heterocycles. The van der Waals surface area contributed by atoms with Crippen molar-refractivity contribution >= 4 is 0 Å². The Bertz CT molecular complexity index is 328. The third-order valence-electron chi connectivity index (χ3n) is 2.42. The van der Waals surface area contributed by atoms with Crippen LogP contribution in [0.5, 0.6) is 5.75 Å². The summed E-state index contributed by atoms with van der Waals surface area (Å²) in [7, 11) is 0. The van der Waals surface area contributed by atoms with Gasteiger partial charge in [-0.15, -0.1) is 0 Å². The molecule has 0 saturated carbocycles. The fourth-order valence-electron chi connectivity index (χ4n) is 1.47. The molecule has 90 valence electrons. The highest BCUT2D eigenvalue weighted by Crippen LogP contribution is 2.22. The first-order chi connectivity index (χ1) is 7.69. The Labute approximate surface area is 95.6 Å². The maximum absolute atomic E-state index is 9.83. The summed E-state index contributed by atoms with van der Waals surface area (Å²) < 4.78 is 0. The smallest absolute Gasteiger partial charge is 0.121 e. The molecule has 0 aliphatic rings. The van der Waals surface area contributed by atoms with Crippen LogP contribution < -0.4 is 5.32 Å². The van der Waals surface area contributed by atoms with Crippen molar-refractivity contribution in [3.63, 3.8) is 0 Å². The van der Waals surface area contributed by atoms with Gasteiger partial charge in [0.05, 0.1) is 12.7 Å². The van der Waals surface area contributed by atoms with Crippen LogP contribution in [-0.4, -0.2) is 28.4 Å². The summed E-state index contributed by atoms with van der Waals surface area (Å²) in [5, 5.41) is 31.3. The van der Waals surface area contributed by atoms with Crippen molar-refractivity contribution in [2.45, 2.75) is 26.1 Å². The van der Waals surface area contributed by atoms with Crippen LogP contribution in [0.15, 0.2) is 18.2 Å². The van der Waals surface area contributed by atoms with Crippen molar-refractivity contribution in [2.75, 3.05) is 13.1 Å². The summed E-state index contributed by atoms with van der Waals surface area (Å²) in [6.07, 6.45) is 0.405. The van der Waals surface area contributed by atoms with Gasteiger partial charge in [0.25, 0.3) is 0 Å². The van der Waals surface area contributed by atoms with E-state index in [2.05, 4.69) is 12.2 Å². The second-order valence-electron chi connectivity index (χ2n) is 3.77. The average Bonchev–Trinajstić information content (AvgIpc) is 2.30. The molecule has 0 aliphatic carbocycles. The van der Waals surface area contributed by atoms with Gasteiger partial charge in [-0.25, -0.2) is 0 Å². The molecule has 1 rings (SSSR count). The van der Waals surface area contributed by atoms with E-state index in [4.69, 9.17) is 5.11 Å². The highest BCUT2D eigenvalue weighted by atomic mass is 16.3. The van der Waals surface area contributed by atoms with Gasteiger partial charge in [0.15, 0.2) is 0 Å². The molecule has 0 amide bonds. The number of aromatic hydroxyl groups is 1. The second kappa shape index (κ2) is 6.48. The highest BCUT2D eigenvalue weighted by molar-refractivity contribution is 5.36. The van der Waals surface area contributed by atoms with Crippen molar-refractivity contribution in [2.24, 2.45) is 0 Å². The maximum Gasteiger partial charge on any atom is 0.121 e. The Balaban J connectivity index is 2.64. The maximum atomic E-state index is 9.83. The molecule has 0 fully saturated rings. The zero-order chi connectivity index (χ0) is 12.0. The third kappa shape index (κ3) is 3.48. The van der Waals surface area contributed by atoms with Gasteiger partial charge in [-0.1, -0.05) is 13.0 Å². The van der Waals surface area contributed by atoms with Crippen LogP contribution in [0.3, 0.4) is 0 Å². The zero-order valence-corrected chi connectivity index (χ0v) is 9.48. The fraction of sp³-hybridized carbons (Fsp3) is 0.500. The number of aliphatic hydroxyl groups excluding tert-OH is 2. The van der Waals surface area contributed by atoms with Crippen LogP contribution in [0.25, 0.3) is 0 Å². The van der Waals surface area contributed by atoms with Crippen LogP contribution in [0.1, 0.15) is 30.6 Å². The van der Waals surface area contributed by atoms with Crippen molar-refractivity contribution in [1.29, 1.82) is 0 Å². The number of benzene rings is 1. The van der Waals surface area contributed by atoms with Gasteiger partial charge in [-0.3, -0.25) is 0 Å². The summed E-state index contributed by atoms with van der Waals surface area (Å²) in [5.41, 5.74) is 1.14. The molecule has 0 radical (unpaired) electrons. The lowest BCUT2D eigenvalue weighted by Gasteiger charge is -2.13. The first-order valence-corrected chi connectivity index (χ1v) is 5.50. The van der Waals surface area contributed by atoms with Crippen LogP contribution in [0.4, 0.5) is 0 Å². The monoisotopic (exact) mass is 225 g/mol. The standard InChI is InChI=1S/C12H19NO3/c1-2-5-13-7-12(16)9-3-4-11(15)10(6-9)8-14/h3-4,6,12-16H,2,5,7-8H2,1H3/t12-/m0/s1. The topological polar surface area (TPSA) is 72.7 Å². The van der Waals surface area contributed by atoms with Crippen LogP contribution >= 0.6 is 0 Å². The molecule has 16 heavy (non-hydrogen) atoms. The van der Waals surface area contributed by atoms with Crippen LogP contribution in [0, 0.1) is 0 Å². The normalized spacial score (nSPS) is 12.7. The van der Waals surface area contributed by atoms with E-state index in [0.29, 0.717) is 17.7 Å². The van der Waals surface area contributed by atoms with Crippen molar-refractivity contribution in [1.82, 2.24) is 5.32 Å². The van der Waals surface area contributed by atoms with E-state index in [9.17, 15) is 10.2 Å². The Morgan fingerprint density at radius 1 is 1.38 bits per heavy atom. The predicted molar refractivity (Wildman–Crippen MR) is 62.2 cm³/mol. The molecule has 0 bridgehead atoms. The Morgan fingerprint density at radius 3 is 2.75 bits per heavy atom.